The van der Waals surface area contributed by atoms with Crippen LogP contribution in [0, 0.1) is 0 Å². The lowest BCUT2D eigenvalue weighted by molar-refractivity contribution is 0.0744. The van der Waals surface area contributed by atoms with Gasteiger partial charge in [0.05, 0.1) is 12.2 Å². The third-order valence-electron chi connectivity index (χ3n) is 6.54. The van der Waals surface area contributed by atoms with E-state index >= 15 is 0 Å². The van der Waals surface area contributed by atoms with Gasteiger partial charge in [-0.3, -0.25) is 9.58 Å². The molecule has 39 heavy (non-hydrogen) atoms. The lowest BCUT2D eigenvalue weighted by Crippen LogP contribution is -2.32. The molecule has 6 heteroatoms. The van der Waals surface area contributed by atoms with Crippen molar-refractivity contribution in [3.63, 3.8) is 0 Å². The molecule has 1 unspecified atom stereocenters. The highest BCUT2D eigenvalue weighted by Gasteiger charge is 2.16. The number of aromatic nitrogens is 2. The molecule has 0 saturated carbocycles. The van der Waals surface area contributed by atoms with E-state index in [1.807, 2.05) is 96.7 Å². The summed E-state index contributed by atoms with van der Waals surface area (Å²) in [7, 11) is 2.00. The van der Waals surface area contributed by atoms with E-state index in [9.17, 15) is 5.11 Å². The van der Waals surface area contributed by atoms with E-state index in [1.54, 1.807) is 0 Å². The van der Waals surface area contributed by atoms with Gasteiger partial charge >= 0.3 is 0 Å². The predicted octanol–water partition coefficient (Wildman–Crippen LogP) is 6.79. The highest BCUT2D eigenvalue weighted by molar-refractivity contribution is 6.31. The SMILES string of the molecule is CN(Cc1cn(Cc2ccccc2Cl)nc1-c1ccccc1)CC(O)COc1ccc(-c2ccccc2)cc1. The molecule has 0 fully saturated rings. The molecule has 4 aromatic carbocycles. The van der Waals surface area contributed by atoms with Gasteiger partial charge in [0.25, 0.3) is 0 Å². The molecule has 0 aliphatic rings. The third kappa shape index (κ3) is 7.15. The molecule has 1 aromatic heterocycles. The average molecular weight is 538 g/mol. The Hall–Kier alpha value is -3.90. The van der Waals surface area contributed by atoms with Crippen LogP contribution in [-0.2, 0) is 13.1 Å². The van der Waals surface area contributed by atoms with Crippen molar-refractivity contribution in [1.29, 1.82) is 0 Å². The molecular formula is C33H32ClN3O2. The molecule has 1 atom stereocenters. The molecule has 0 radical (unpaired) electrons. The Bertz CT molecular complexity index is 1470. The van der Waals surface area contributed by atoms with Gasteiger partial charge in [0, 0.05) is 35.4 Å². The predicted molar refractivity (Wildman–Crippen MR) is 158 cm³/mol. The van der Waals surface area contributed by atoms with Gasteiger partial charge in [-0.05, 0) is 41.9 Å². The van der Waals surface area contributed by atoms with Crippen LogP contribution in [0.1, 0.15) is 11.1 Å². The summed E-state index contributed by atoms with van der Waals surface area (Å²) in [6.45, 7) is 1.90. The zero-order valence-corrected chi connectivity index (χ0v) is 22.7. The number of nitrogens with zero attached hydrogens (tertiary/aromatic N) is 3. The van der Waals surface area contributed by atoms with Crippen LogP contribution in [0.3, 0.4) is 0 Å². The maximum Gasteiger partial charge on any atom is 0.119 e. The van der Waals surface area contributed by atoms with Crippen LogP contribution in [0.5, 0.6) is 5.75 Å². The van der Waals surface area contributed by atoms with Crippen LogP contribution >= 0.6 is 11.6 Å². The topological polar surface area (TPSA) is 50.5 Å². The van der Waals surface area contributed by atoms with Crippen LogP contribution in [0.4, 0.5) is 0 Å². The van der Waals surface area contributed by atoms with E-state index in [0.29, 0.717) is 19.6 Å². The first-order valence-corrected chi connectivity index (χ1v) is 13.4. The number of hydrogen-bond donors (Lipinski definition) is 1. The number of halogens is 1. The molecule has 0 amide bonds. The lowest BCUT2D eigenvalue weighted by atomic mass is 10.1. The molecule has 1 N–H and O–H groups in total. The maximum atomic E-state index is 10.7. The van der Waals surface area contributed by atoms with Crippen LogP contribution < -0.4 is 4.74 Å². The van der Waals surface area contributed by atoms with E-state index in [4.69, 9.17) is 21.4 Å². The Balaban J connectivity index is 1.21. The summed E-state index contributed by atoms with van der Waals surface area (Å²) in [5, 5.41) is 16.3. The first kappa shape index (κ1) is 26.7. The van der Waals surface area contributed by atoms with Crippen molar-refractivity contribution in [1.82, 2.24) is 14.7 Å². The fourth-order valence-corrected chi connectivity index (χ4v) is 4.83. The number of likely N-dealkylation sites (N-methyl/N-ethyl adjacent to an activating group) is 1. The number of hydrogen-bond acceptors (Lipinski definition) is 4. The van der Waals surface area contributed by atoms with E-state index in [1.165, 1.54) is 0 Å². The van der Waals surface area contributed by atoms with Crippen molar-refractivity contribution in [2.75, 3.05) is 20.2 Å². The average Bonchev–Trinajstić information content (AvgIpc) is 3.36. The van der Waals surface area contributed by atoms with Crippen molar-refractivity contribution in [3.8, 4) is 28.1 Å². The minimum Gasteiger partial charge on any atom is -0.491 e. The Morgan fingerprint density at radius 2 is 1.41 bits per heavy atom. The van der Waals surface area contributed by atoms with Gasteiger partial charge in [0.15, 0.2) is 0 Å². The maximum absolute atomic E-state index is 10.7. The van der Waals surface area contributed by atoms with Gasteiger partial charge in [0.2, 0.25) is 0 Å². The Morgan fingerprint density at radius 1 is 0.795 bits per heavy atom. The normalized spacial score (nSPS) is 12.0. The molecule has 0 aliphatic carbocycles. The van der Waals surface area contributed by atoms with Crippen LogP contribution in [0.25, 0.3) is 22.4 Å². The molecule has 198 valence electrons. The molecule has 0 bridgehead atoms. The summed E-state index contributed by atoms with van der Waals surface area (Å²) in [6, 6.07) is 36.2. The molecule has 5 aromatic rings. The largest absolute Gasteiger partial charge is 0.491 e. The molecule has 0 saturated heterocycles. The number of aliphatic hydroxyl groups is 1. The van der Waals surface area contributed by atoms with Crippen molar-refractivity contribution in [2.45, 2.75) is 19.2 Å². The first-order valence-electron chi connectivity index (χ1n) is 13.1. The number of rotatable bonds is 11. The van der Waals surface area contributed by atoms with Gasteiger partial charge < -0.3 is 9.84 Å². The van der Waals surface area contributed by atoms with Crippen molar-refractivity contribution in [3.05, 3.63) is 132 Å². The molecular weight excluding hydrogens is 506 g/mol. The fraction of sp³-hybridized carbons (Fsp3) is 0.182. The van der Waals surface area contributed by atoms with Gasteiger partial charge in [-0.15, -0.1) is 0 Å². The molecule has 0 spiro atoms. The summed E-state index contributed by atoms with van der Waals surface area (Å²) in [5.41, 5.74) is 6.38. The first-order chi connectivity index (χ1) is 19.0. The molecule has 1 heterocycles. The fourth-order valence-electron chi connectivity index (χ4n) is 4.63. The quantitative estimate of drug-likeness (QED) is 0.201. The summed E-state index contributed by atoms with van der Waals surface area (Å²) >= 11 is 6.40. The van der Waals surface area contributed by atoms with E-state index in [-0.39, 0.29) is 6.61 Å². The summed E-state index contributed by atoms with van der Waals surface area (Å²) in [5.74, 6) is 0.739. The molecule has 5 nitrogen and oxygen atoms in total. The second-order valence-corrected chi connectivity index (χ2v) is 10.1. The smallest absolute Gasteiger partial charge is 0.119 e. The van der Waals surface area contributed by atoms with Crippen LogP contribution in [0.15, 0.2) is 115 Å². The molecule has 5 rings (SSSR count). The summed E-state index contributed by atoms with van der Waals surface area (Å²) in [4.78, 5) is 2.09. The van der Waals surface area contributed by atoms with Gasteiger partial charge in [-0.2, -0.15) is 5.10 Å². The minimum atomic E-state index is -0.637. The highest BCUT2D eigenvalue weighted by Crippen LogP contribution is 2.25. The Kier molecular flexibility index (Phi) is 8.74. The monoisotopic (exact) mass is 537 g/mol. The summed E-state index contributed by atoms with van der Waals surface area (Å²) in [6.07, 6.45) is 1.43. The second-order valence-electron chi connectivity index (χ2n) is 9.71. The summed E-state index contributed by atoms with van der Waals surface area (Å²) < 4.78 is 7.81. The number of benzene rings is 4. The van der Waals surface area contributed by atoms with Gasteiger partial charge in [-0.25, -0.2) is 0 Å². The second kappa shape index (κ2) is 12.8. The van der Waals surface area contributed by atoms with Gasteiger partial charge in [0.1, 0.15) is 18.5 Å². The minimum absolute atomic E-state index is 0.215. The third-order valence-corrected chi connectivity index (χ3v) is 6.91. The standard InChI is InChI=1S/C33H32ClN3O2/c1-36(23-30(38)24-39-31-18-16-26(17-19-31)25-10-4-2-5-11-25)20-29-22-37(21-28-14-8-9-15-32(28)34)35-33(29)27-12-6-3-7-13-27/h2-19,22,30,38H,20-21,23-24H2,1H3. The van der Waals surface area contributed by atoms with Crippen LogP contribution in [0.2, 0.25) is 5.02 Å². The van der Waals surface area contributed by atoms with Crippen molar-refractivity contribution < 1.29 is 9.84 Å². The zero-order valence-electron chi connectivity index (χ0n) is 22.0. The van der Waals surface area contributed by atoms with E-state index < -0.39 is 6.10 Å². The van der Waals surface area contributed by atoms with E-state index in [0.717, 1.165) is 44.3 Å². The van der Waals surface area contributed by atoms with Crippen LogP contribution in [-0.4, -0.2) is 46.1 Å². The number of aliphatic hydroxyl groups excluding tert-OH is 1. The Morgan fingerprint density at radius 3 is 2.10 bits per heavy atom. The lowest BCUT2D eigenvalue weighted by Gasteiger charge is -2.21. The zero-order chi connectivity index (χ0) is 27.0. The molecule has 0 aliphatic heterocycles. The Labute approximate surface area is 234 Å². The highest BCUT2D eigenvalue weighted by atomic mass is 35.5. The van der Waals surface area contributed by atoms with Crippen molar-refractivity contribution >= 4 is 11.6 Å². The number of ether oxygens (including phenoxy) is 1. The van der Waals surface area contributed by atoms with Crippen molar-refractivity contribution in [2.24, 2.45) is 0 Å². The van der Waals surface area contributed by atoms with Gasteiger partial charge in [-0.1, -0.05) is 103 Å². The van der Waals surface area contributed by atoms with E-state index in [2.05, 4.69) is 35.4 Å².